The fourth-order valence-corrected chi connectivity index (χ4v) is 4.29. The Hall–Kier alpha value is -2.76. The maximum atomic E-state index is 12.3. The smallest absolute Gasteiger partial charge is 0.306 e. The average molecular weight is 482 g/mol. The van der Waals surface area contributed by atoms with E-state index in [-0.39, 0.29) is 31.0 Å². The standard InChI is InChI=1S/C21H23NO8S2/c1-32(26,27)22-9-8-15-3-6-20(31-15)17(24)13-30-21(25)7-4-16(23)14-2-5-18-19(12-14)29-11-10-28-18/h2-3,5-6,12,22H,4,7-11,13H2,1H3. The lowest BCUT2D eigenvalue weighted by molar-refractivity contribution is -0.142. The third-order valence-electron chi connectivity index (χ3n) is 4.46. The van der Waals surface area contributed by atoms with Crippen LogP contribution in [0.1, 0.15) is 37.7 Å². The predicted octanol–water partition coefficient (Wildman–Crippen LogP) is 2.00. The van der Waals surface area contributed by atoms with Crippen LogP contribution in [0.5, 0.6) is 11.5 Å². The van der Waals surface area contributed by atoms with E-state index in [1.165, 1.54) is 11.3 Å². The summed E-state index contributed by atoms with van der Waals surface area (Å²) in [7, 11) is -3.26. The second kappa shape index (κ2) is 10.7. The van der Waals surface area contributed by atoms with E-state index >= 15 is 0 Å². The number of Topliss-reactive ketones (excluding diaryl/α,β-unsaturated/α-hetero) is 2. The number of ketones is 2. The fraction of sp³-hybridized carbons (Fsp3) is 0.381. The van der Waals surface area contributed by atoms with Crippen molar-refractivity contribution in [3.8, 4) is 11.5 Å². The molecule has 0 saturated heterocycles. The normalized spacial score (nSPS) is 12.9. The van der Waals surface area contributed by atoms with Crippen molar-refractivity contribution >= 4 is 38.9 Å². The molecule has 0 aliphatic carbocycles. The van der Waals surface area contributed by atoms with Crippen molar-refractivity contribution in [3.63, 3.8) is 0 Å². The van der Waals surface area contributed by atoms with Gasteiger partial charge in [-0.05, 0) is 36.8 Å². The van der Waals surface area contributed by atoms with Crippen LogP contribution in [-0.2, 0) is 26.0 Å². The van der Waals surface area contributed by atoms with Gasteiger partial charge >= 0.3 is 5.97 Å². The molecule has 0 saturated carbocycles. The minimum absolute atomic E-state index is 0.0524. The molecule has 0 bridgehead atoms. The van der Waals surface area contributed by atoms with Gasteiger partial charge in [-0.3, -0.25) is 14.4 Å². The lowest BCUT2D eigenvalue weighted by Crippen LogP contribution is -2.24. The number of fused-ring (bicyclic) bond motifs is 1. The van der Waals surface area contributed by atoms with Gasteiger partial charge in [-0.15, -0.1) is 11.3 Å². The molecule has 1 aromatic heterocycles. The van der Waals surface area contributed by atoms with Gasteiger partial charge in [-0.2, -0.15) is 0 Å². The van der Waals surface area contributed by atoms with Gasteiger partial charge in [0.25, 0.3) is 0 Å². The zero-order valence-electron chi connectivity index (χ0n) is 17.4. The molecule has 0 fully saturated rings. The second-order valence-corrected chi connectivity index (χ2v) is 10.0. The van der Waals surface area contributed by atoms with E-state index in [2.05, 4.69) is 4.72 Å². The Bertz CT molecular complexity index is 1110. The van der Waals surface area contributed by atoms with Gasteiger partial charge in [-0.1, -0.05) is 0 Å². The molecule has 1 aliphatic rings. The van der Waals surface area contributed by atoms with Crippen LogP contribution in [0.15, 0.2) is 30.3 Å². The summed E-state index contributed by atoms with van der Waals surface area (Å²) in [6, 6.07) is 8.21. The van der Waals surface area contributed by atoms with Crippen LogP contribution in [-0.4, -0.2) is 58.6 Å². The number of hydrogen-bond donors (Lipinski definition) is 1. The number of rotatable bonds is 11. The van der Waals surface area contributed by atoms with Crippen LogP contribution in [0.4, 0.5) is 0 Å². The Morgan fingerprint density at radius 1 is 1.03 bits per heavy atom. The first kappa shape index (κ1) is 23.9. The van der Waals surface area contributed by atoms with E-state index in [4.69, 9.17) is 14.2 Å². The number of esters is 1. The van der Waals surface area contributed by atoms with Crippen LogP contribution in [0.25, 0.3) is 0 Å². The van der Waals surface area contributed by atoms with Crippen molar-refractivity contribution in [2.75, 3.05) is 32.6 Å². The van der Waals surface area contributed by atoms with Crippen molar-refractivity contribution < 1.29 is 37.0 Å². The van der Waals surface area contributed by atoms with Gasteiger partial charge < -0.3 is 14.2 Å². The predicted molar refractivity (Wildman–Crippen MR) is 117 cm³/mol. The lowest BCUT2D eigenvalue weighted by Gasteiger charge is -2.18. The molecule has 3 rings (SSSR count). The number of nitrogens with one attached hydrogen (secondary N) is 1. The van der Waals surface area contributed by atoms with Gasteiger partial charge in [0.15, 0.2) is 23.9 Å². The fourth-order valence-electron chi connectivity index (χ4n) is 2.89. The lowest BCUT2D eigenvalue weighted by atomic mass is 10.1. The van der Waals surface area contributed by atoms with Crippen molar-refractivity contribution in [1.82, 2.24) is 4.72 Å². The summed E-state index contributed by atoms with van der Waals surface area (Å²) in [4.78, 5) is 37.8. The highest BCUT2D eigenvalue weighted by Crippen LogP contribution is 2.31. The Kier molecular flexibility index (Phi) is 7.99. The highest BCUT2D eigenvalue weighted by Gasteiger charge is 2.17. The molecule has 32 heavy (non-hydrogen) atoms. The molecule has 9 nitrogen and oxygen atoms in total. The first-order chi connectivity index (χ1) is 15.2. The van der Waals surface area contributed by atoms with Crippen LogP contribution in [0.3, 0.4) is 0 Å². The van der Waals surface area contributed by atoms with Crippen molar-refractivity contribution in [2.45, 2.75) is 19.3 Å². The molecule has 1 aliphatic heterocycles. The molecular weight excluding hydrogens is 458 g/mol. The quantitative estimate of drug-likeness (QED) is 0.382. The van der Waals surface area contributed by atoms with E-state index in [0.717, 1.165) is 11.1 Å². The molecule has 0 atom stereocenters. The maximum Gasteiger partial charge on any atom is 0.306 e. The van der Waals surface area contributed by atoms with E-state index in [1.54, 1.807) is 30.3 Å². The number of ether oxygens (including phenoxy) is 3. The molecule has 1 aromatic carbocycles. The van der Waals surface area contributed by atoms with Crippen LogP contribution in [0.2, 0.25) is 0 Å². The van der Waals surface area contributed by atoms with E-state index in [0.29, 0.717) is 41.6 Å². The Balaban J connectivity index is 1.41. The topological polar surface area (TPSA) is 125 Å². The summed E-state index contributed by atoms with van der Waals surface area (Å²) >= 11 is 1.22. The number of benzene rings is 1. The summed E-state index contributed by atoms with van der Waals surface area (Å²) in [6.07, 6.45) is 1.33. The van der Waals surface area contributed by atoms with Crippen molar-refractivity contribution in [1.29, 1.82) is 0 Å². The average Bonchev–Trinajstić information content (AvgIpc) is 3.23. The SMILES string of the molecule is CS(=O)(=O)NCCc1ccc(C(=O)COC(=O)CCC(=O)c2ccc3c(c2)OCCO3)s1. The van der Waals surface area contributed by atoms with E-state index in [9.17, 15) is 22.8 Å². The minimum Gasteiger partial charge on any atom is -0.486 e. The third kappa shape index (κ3) is 7.14. The first-order valence-electron chi connectivity index (χ1n) is 9.86. The molecule has 0 spiro atoms. The zero-order valence-corrected chi connectivity index (χ0v) is 19.1. The molecule has 0 radical (unpaired) electrons. The molecule has 11 heteroatoms. The van der Waals surface area contributed by atoms with Crippen LogP contribution >= 0.6 is 11.3 Å². The Morgan fingerprint density at radius 3 is 2.53 bits per heavy atom. The molecule has 2 aromatic rings. The van der Waals surface area contributed by atoms with Gasteiger partial charge in [0.05, 0.1) is 17.6 Å². The largest absolute Gasteiger partial charge is 0.486 e. The van der Waals surface area contributed by atoms with Gasteiger partial charge in [-0.25, -0.2) is 13.1 Å². The first-order valence-corrected chi connectivity index (χ1v) is 12.6. The molecule has 1 N–H and O–H groups in total. The number of carbonyl (C=O) groups is 3. The van der Waals surface area contributed by atoms with Gasteiger partial charge in [0.2, 0.25) is 15.8 Å². The zero-order chi connectivity index (χ0) is 23.1. The number of sulfonamides is 1. The third-order valence-corrected chi connectivity index (χ3v) is 6.37. The molecule has 2 heterocycles. The highest BCUT2D eigenvalue weighted by atomic mass is 32.2. The summed E-state index contributed by atoms with van der Waals surface area (Å²) in [5.74, 6) is -0.162. The number of carbonyl (C=O) groups excluding carboxylic acids is 3. The molecule has 0 unspecified atom stereocenters. The van der Waals surface area contributed by atoms with Gasteiger partial charge in [0, 0.05) is 23.4 Å². The minimum atomic E-state index is -3.26. The molecular formula is C21H23NO8S2. The van der Waals surface area contributed by atoms with Gasteiger partial charge in [0.1, 0.15) is 13.2 Å². The van der Waals surface area contributed by atoms with Crippen LogP contribution in [0, 0.1) is 0 Å². The number of hydrogen-bond acceptors (Lipinski definition) is 9. The Morgan fingerprint density at radius 2 is 1.78 bits per heavy atom. The maximum absolute atomic E-state index is 12.3. The summed E-state index contributed by atoms with van der Waals surface area (Å²) in [6.45, 7) is 0.685. The summed E-state index contributed by atoms with van der Waals surface area (Å²) in [5, 5.41) is 0. The Labute approximate surface area is 189 Å². The van der Waals surface area contributed by atoms with Crippen LogP contribution < -0.4 is 14.2 Å². The monoisotopic (exact) mass is 481 g/mol. The summed E-state index contributed by atoms with van der Waals surface area (Å²) in [5.41, 5.74) is 0.412. The molecule has 172 valence electrons. The van der Waals surface area contributed by atoms with Crippen molar-refractivity contribution in [2.24, 2.45) is 0 Å². The highest BCUT2D eigenvalue weighted by molar-refractivity contribution is 7.88. The molecule has 0 amide bonds. The van der Waals surface area contributed by atoms with E-state index < -0.39 is 22.6 Å². The summed E-state index contributed by atoms with van der Waals surface area (Å²) < 4.78 is 40.4. The number of thiophene rings is 1. The van der Waals surface area contributed by atoms with E-state index in [1.807, 2.05) is 0 Å². The van der Waals surface area contributed by atoms with Crippen molar-refractivity contribution in [3.05, 3.63) is 45.6 Å². The second-order valence-electron chi connectivity index (χ2n) is 7.05.